The van der Waals surface area contributed by atoms with E-state index in [4.69, 9.17) is 17.1 Å². The van der Waals surface area contributed by atoms with E-state index in [-0.39, 0.29) is 5.17 Å². The number of nitrogens with one attached hydrogen (secondary N) is 1. The fourth-order valence-corrected chi connectivity index (χ4v) is 0.895. The molecule has 0 bridgehead atoms. The molecule has 0 atom stereocenters. The molecule has 5 heteroatoms. The molecule has 1 N–H and O–H groups in total. The lowest BCUT2D eigenvalue weighted by Crippen LogP contribution is -2.22. The molecule has 0 aliphatic heterocycles. The zero-order valence-electron chi connectivity index (χ0n) is 8.09. The molecule has 0 aliphatic rings. The molecule has 0 unspecified atom stereocenters. The Kier molecular flexibility index (Phi) is 5.03. The van der Waals surface area contributed by atoms with Crippen molar-refractivity contribution in [2.24, 2.45) is 5.16 Å². The van der Waals surface area contributed by atoms with Gasteiger partial charge < -0.3 is 10.2 Å². The highest BCUT2D eigenvalue weighted by atomic mass is 32.1. The Morgan fingerprint density at radius 2 is 2.53 bits per heavy atom. The maximum atomic E-state index is 4.85. The fourth-order valence-electron chi connectivity index (χ4n) is 0.768. The van der Waals surface area contributed by atoms with Crippen molar-refractivity contribution in [2.45, 2.75) is 0 Å². The molecular weight excluding hydrogens is 210 g/mol. The lowest BCUT2D eigenvalue weighted by atomic mass is 10.4. The summed E-state index contributed by atoms with van der Waals surface area (Å²) in [6.45, 7) is 4.09. The van der Waals surface area contributed by atoms with Crippen LogP contribution in [0.25, 0.3) is 0 Å². The van der Waals surface area contributed by atoms with Crippen molar-refractivity contribution >= 4 is 23.6 Å². The standard InChI is InChI=1S/C10H11N3OS/c1-2-6-12-10(15)14-13-8-9-5-3-4-7-11-9/h2-5,7-8H,1,6H2,(H,12,15)/b13-8+. The predicted octanol–water partition coefficient (Wildman–Crippen LogP) is 1.49. The zero-order chi connectivity index (χ0) is 10.9. The zero-order valence-corrected chi connectivity index (χ0v) is 8.91. The minimum atomic E-state index is 0.210. The Morgan fingerprint density at radius 3 is 3.20 bits per heavy atom. The predicted molar refractivity (Wildman–Crippen MR) is 63.7 cm³/mol. The molecule has 1 aromatic heterocycles. The van der Waals surface area contributed by atoms with Crippen molar-refractivity contribution in [3.8, 4) is 0 Å². The molecule has 78 valence electrons. The fraction of sp³-hybridized carbons (Fsp3) is 0.100. The van der Waals surface area contributed by atoms with Crippen LogP contribution in [0.5, 0.6) is 0 Å². The van der Waals surface area contributed by atoms with E-state index in [9.17, 15) is 0 Å². The van der Waals surface area contributed by atoms with Crippen molar-refractivity contribution in [2.75, 3.05) is 6.54 Å². The quantitative estimate of drug-likeness (QED) is 0.362. The molecule has 15 heavy (non-hydrogen) atoms. The first-order chi connectivity index (χ1) is 7.33. The summed E-state index contributed by atoms with van der Waals surface area (Å²) in [4.78, 5) is 8.88. The van der Waals surface area contributed by atoms with Crippen molar-refractivity contribution in [3.63, 3.8) is 0 Å². The minimum absolute atomic E-state index is 0.210. The Labute approximate surface area is 93.7 Å². The number of pyridine rings is 1. The van der Waals surface area contributed by atoms with E-state index in [0.29, 0.717) is 12.2 Å². The highest BCUT2D eigenvalue weighted by Crippen LogP contribution is 1.89. The summed E-state index contributed by atoms with van der Waals surface area (Å²) in [7, 11) is 0. The monoisotopic (exact) mass is 221 g/mol. The molecule has 0 fully saturated rings. The van der Waals surface area contributed by atoms with Gasteiger partial charge >= 0.3 is 0 Å². The number of thiocarbonyl (C=S) groups is 1. The molecule has 0 aromatic carbocycles. The highest BCUT2D eigenvalue weighted by Gasteiger charge is 1.91. The van der Waals surface area contributed by atoms with Crippen LogP contribution in [0.2, 0.25) is 0 Å². The van der Waals surface area contributed by atoms with E-state index in [1.54, 1.807) is 12.3 Å². The van der Waals surface area contributed by atoms with Gasteiger partial charge in [0.2, 0.25) is 0 Å². The topological polar surface area (TPSA) is 46.5 Å². The van der Waals surface area contributed by atoms with Gasteiger partial charge in [0.05, 0.1) is 11.9 Å². The molecule has 4 nitrogen and oxygen atoms in total. The van der Waals surface area contributed by atoms with E-state index in [1.165, 1.54) is 6.21 Å². The summed E-state index contributed by atoms with van der Waals surface area (Å²) in [6, 6.07) is 5.50. The van der Waals surface area contributed by atoms with Crippen LogP contribution in [0.15, 0.2) is 42.2 Å². The largest absolute Gasteiger partial charge is 0.341 e. The van der Waals surface area contributed by atoms with Crippen molar-refractivity contribution in [1.82, 2.24) is 10.3 Å². The summed E-state index contributed by atoms with van der Waals surface area (Å²) in [5.74, 6) is 0. The molecule has 0 amide bonds. The van der Waals surface area contributed by atoms with Crippen molar-refractivity contribution in [1.29, 1.82) is 0 Å². The molecule has 0 saturated carbocycles. The maximum absolute atomic E-state index is 4.85. The van der Waals surface area contributed by atoms with Gasteiger partial charge in [-0.2, -0.15) is 0 Å². The van der Waals surface area contributed by atoms with Crippen molar-refractivity contribution in [3.05, 3.63) is 42.7 Å². The number of rotatable bonds is 4. The Morgan fingerprint density at radius 1 is 1.67 bits per heavy atom. The highest BCUT2D eigenvalue weighted by molar-refractivity contribution is 7.80. The van der Waals surface area contributed by atoms with Gasteiger partial charge in [-0.3, -0.25) is 4.98 Å². The molecule has 1 heterocycles. The van der Waals surface area contributed by atoms with E-state index >= 15 is 0 Å². The molecule has 0 radical (unpaired) electrons. The number of hydrogen-bond donors (Lipinski definition) is 1. The molecule has 1 aromatic rings. The molecule has 0 spiro atoms. The van der Waals surface area contributed by atoms with Crippen LogP contribution in [0.1, 0.15) is 5.69 Å². The normalized spacial score (nSPS) is 9.87. The minimum Gasteiger partial charge on any atom is -0.341 e. The average Bonchev–Trinajstić information content (AvgIpc) is 2.28. The van der Waals surface area contributed by atoms with E-state index in [0.717, 1.165) is 0 Å². The van der Waals surface area contributed by atoms with Crippen molar-refractivity contribution < 1.29 is 4.84 Å². The van der Waals surface area contributed by atoms with Gasteiger partial charge in [0.15, 0.2) is 0 Å². The Bertz CT molecular complexity index is 351. The van der Waals surface area contributed by atoms with E-state index in [2.05, 4.69) is 22.0 Å². The molecule has 0 saturated heterocycles. The SMILES string of the molecule is C=CCNC(=S)O/N=C/c1ccccn1. The van der Waals surface area contributed by atoms with Gasteiger partial charge in [0.25, 0.3) is 5.17 Å². The number of nitrogens with zero attached hydrogens (tertiary/aromatic N) is 2. The summed E-state index contributed by atoms with van der Waals surface area (Å²) in [5.41, 5.74) is 0.712. The first-order valence-electron chi connectivity index (χ1n) is 4.33. The molecular formula is C10H11N3OS. The summed E-state index contributed by atoms with van der Waals surface area (Å²) < 4.78 is 0. The van der Waals surface area contributed by atoms with Crippen LogP contribution in [0.3, 0.4) is 0 Å². The Balaban J connectivity index is 2.33. The summed E-state index contributed by atoms with van der Waals surface area (Å²) in [5, 5.41) is 6.65. The second-order valence-corrected chi connectivity index (χ2v) is 2.91. The van der Waals surface area contributed by atoms with Crippen LogP contribution in [0.4, 0.5) is 0 Å². The number of oxime groups is 1. The van der Waals surface area contributed by atoms with Crippen LogP contribution in [-0.2, 0) is 4.84 Å². The van der Waals surface area contributed by atoms with Gasteiger partial charge in [-0.05, 0) is 24.4 Å². The second kappa shape index (κ2) is 6.67. The lowest BCUT2D eigenvalue weighted by Gasteiger charge is -2.00. The third kappa shape index (κ3) is 4.87. The van der Waals surface area contributed by atoms with Crippen LogP contribution < -0.4 is 5.32 Å². The van der Waals surface area contributed by atoms with E-state index < -0.39 is 0 Å². The molecule has 1 rings (SSSR count). The third-order valence-electron chi connectivity index (χ3n) is 1.40. The van der Waals surface area contributed by atoms with Gasteiger partial charge in [-0.25, -0.2) is 0 Å². The van der Waals surface area contributed by atoms with Gasteiger partial charge in [-0.15, -0.1) is 6.58 Å². The molecule has 0 aliphatic carbocycles. The third-order valence-corrected chi connectivity index (χ3v) is 1.62. The lowest BCUT2D eigenvalue weighted by molar-refractivity contribution is 0.325. The van der Waals surface area contributed by atoms with Gasteiger partial charge in [-0.1, -0.05) is 17.3 Å². The van der Waals surface area contributed by atoms with Gasteiger partial charge in [0.1, 0.15) is 0 Å². The average molecular weight is 221 g/mol. The first kappa shape index (κ1) is 11.3. The summed E-state index contributed by atoms with van der Waals surface area (Å²) in [6.07, 6.45) is 4.84. The second-order valence-electron chi connectivity index (χ2n) is 2.54. The number of aromatic nitrogens is 1. The number of hydrogen-bond acceptors (Lipinski definition) is 4. The van der Waals surface area contributed by atoms with Crippen LogP contribution >= 0.6 is 12.2 Å². The maximum Gasteiger partial charge on any atom is 0.289 e. The van der Waals surface area contributed by atoms with Gasteiger partial charge in [0, 0.05) is 12.7 Å². The first-order valence-corrected chi connectivity index (χ1v) is 4.74. The smallest absolute Gasteiger partial charge is 0.289 e. The van der Waals surface area contributed by atoms with Crippen LogP contribution in [-0.4, -0.2) is 22.9 Å². The van der Waals surface area contributed by atoms with Crippen LogP contribution in [0, 0.1) is 0 Å². The summed E-state index contributed by atoms with van der Waals surface area (Å²) >= 11 is 4.82. The Hall–Kier alpha value is -1.75. The van der Waals surface area contributed by atoms with E-state index in [1.807, 2.05) is 18.2 Å².